The van der Waals surface area contributed by atoms with Crippen molar-refractivity contribution in [2.24, 2.45) is 35.0 Å². The Morgan fingerprint density at radius 3 is 2.36 bits per heavy atom. The monoisotopic (exact) mass is 696 g/mol. The molecular formula is C49H44O4. The summed E-state index contributed by atoms with van der Waals surface area (Å²) in [4.78, 5) is 0. The Balaban J connectivity index is 0.947. The van der Waals surface area contributed by atoms with Crippen LogP contribution in [0.2, 0.25) is 0 Å². The van der Waals surface area contributed by atoms with Crippen molar-refractivity contribution in [1.82, 2.24) is 0 Å². The minimum atomic E-state index is -0.256. The van der Waals surface area contributed by atoms with E-state index in [1.54, 1.807) is 0 Å². The van der Waals surface area contributed by atoms with Gasteiger partial charge >= 0.3 is 0 Å². The lowest BCUT2D eigenvalue weighted by Crippen LogP contribution is -2.62. The number of hydrogen-bond donors (Lipinski definition) is 0. The van der Waals surface area contributed by atoms with Crippen molar-refractivity contribution >= 4 is 5.57 Å². The van der Waals surface area contributed by atoms with E-state index in [1.165, 1.54) is 33.4 Å². The fourth-order valence-electron chi connectivity index (χ4n) is 11.9. The zero-order valence-electron chi connectivity index (χ0n) is 29.7. The molecule has 1 spiro atoms. The first-order valence-electron chi connectivity index (χ1n) is 20.0. The van der Waals surface area contributed by atoms with Gasteiger partial charge in [0.05, 0.1) is 24.4 Å². The van der Waals surface area contributed by atoms with E-state index < -0.39 is 0 Å². The molecule has 1 aromatic rings. The Hall–Kier alpha value is -4.64. The summed E-state index contributed by atoms with van der Waals surface area (Å²) in [5, 5.41) is 0. The first kappa shape index (κ1) is 30.8. The normalized spacial score (nSPS) is 42.6. The largest absolute Gasteiger partial charge is 0.486 e. The van der Waals surface area contributed by atoms with E-state index >= 15 is 0 Å². The number of hydrogen-bond acceptors (Lipinski definition) is 4. The Labute approximate surface area is 312 Å². The number of benzene rings is 1. The van der Waals surface area contributed by atoms with E-state index in [1.807, 2.05) is 0 Å². The van der Waals surface area contributed by atoms with Gasteiger partial charge in [-0.25, -0.2) is 0 Å². The zero-order valence-corrected chi connectivity index (χ0v) is 29.7. The maximum atomic E-state index is 7.17. The molecular weight excluding hydrogens is 653 g/mol. The predicted molar refractivity (Wildman–Crippen MR) is 208 cm³/mol. The number of allylic oxidation sites excluding steroid dienone is 13. The Bertz CT molecular complexity index is 2190. The quantitative estimate of drug-likeness (QED) is 0.289. The smallest absolute Gasteiger partial charge is 0.131 e. The van der Waals surface area contributed by atoms with Crippen LogP contribution in [0, 0.1) is 35.0 Å². The molecule has 264 valence electrons. The van der Waals surface area contributed by atoms with Crippen molar-refractivity contribution < 1.29 is 18.9 Å². The third kappa shape index (κ3) is 4.37. The van der Waals surface area contributed by atoms with Crippen LogP contribution in [0.3, 0.4) is 0 Å². The van der Waals surface area contributed by atoms with Gasteiger partial charge in [-0.3, -0.25) is 0 Å². The average molecular weight is 697 g/mol. The van der Waals surface area contributed by atoms with Gasteiger partial charge in [0.15, 0.2) is 0 Å². The highest BCUT2D eigenvalue weighted by atomic mass is 16.5. The summed E-state index contributed by atoms with van der Waals surface area (Å²) in [7, 11) is 0. The van der Waals surface area contributed by atoms with Crippen LogP contribution in [-0.2, 0) is 14.2 Å². The highest BCUT2D eigenvalue weighted by molar-refractivity contribution is 5.81. The molecule has 11 aliphatic rings. The van der Waals surface area contributed by atoms with Crippen molar-refractivity contribution in [3.63, 3.8) is 0 Å². The zero-order chi connectivity index (χ0) is 34.7. The van der Waals surface area contributed by atoms with E-state index in [2.05, 4.69) is 146 Å². The van der Waals surface area contributed by atoms with Crippen LogP contribution in [0.15, 0.2) is 168 Å². The van der Waals surface area contributed by atoms with Crippen LogP contribution >= 0.6 is 0 Å². The van der Waals surface area contributed by atoms with Gasteiger partial charge in [-0.2, -0.15) is 0 Å². The highest BCUT2D eigenvalue weighted by Gasteiger charge is 2.64. The lowest BCUT2D eigenvalue weighted by Gasteiger charge is -2.62. The van der Waals surface area contributed by atoms with Gasteiger partial charge in [0.25, 0.3) is 0 Å². The topological polar surface area (TPSA) is 36.9 Å². The first-order chi connectivity index (χ1) is 26.3. The Kier molecular flexibility index (Phi) is 6.78. The van der Waals surface area contributed by atoms with Gasteiger partial charge in [-0.15, -0.1) is 0 Å². The van der Waals surface area contributed by atoms with Crippen LogP contribution in [0.4, 0.5) is 0 Å². The third-order valence-electron chi connectivity index (χ3n) is 14.1. The van der Waals surface area contributed by atoms with Crippen molar-refractivity contribution in [1.29, 1.82) is 0 Å². The van der Waals surface area contributed by atoms with Crippen LogP contribution in [0.1, 0.15) is 42.7 Å². The summed E-state index contributed by atoms with van der Waals surface area (Å²) in [6.45, 7) is 0. The molecule has 1 aromatic carbocycles. The molecule has 0 bridgehead atoms. The van der Waals surface area contributed by atoms with Crippen molar-refractivity contribution in [2.45, 2.75) is 68.2 Å². The SMILES string of the molecule is C1=CC2OC3C(C4=CC5OC6=CCCC=C6C6(C5C=C4)C4C=CC=CC4OC4C=C(c5cccc7c5OC5C=CCCC75)C=CC46)=CC=CC3C2C=C1. The molecule has 0 saturated carbocycles. The van der Waals surface area contributed by atoms with E-state index in [9.17, 15) is 0 Å². The number of fused-ring (bicyclic) bond motifs is 14. The minimum Gasteiger partial charge on any atom is -0.486 e. The standard InChI is InChI=1S/C49H44O4/c1-5-19-41-33(11-1)35-15-9-13-31(47(35)52-41)29-23-25-39-45(27-29)50-43-21-7-3-17-37(43)49(39)38-18-4-8-22-44(38)51-46-28-30(24-26-40(46)49)32-14-10-16-36-34-12-2-6-20-42(34)53-48(32)36/h1,4-6,8-11,13-28,33-35,38-42,44-47H,2-3,7,12H2. The lowest BCUT2D eigenvalue weighted by molar-refractivity contribution is -0.150. The van der Waals surface area contributed by atoms with Crippen molar-refractivity contribution in [3.8, 4) is 5.75 Å². The molecule has 0 N–H and O–H groups in total. The molecule has 13 unspecified atom stereocenters. The second kappa shape index (κ2) is 11.7. The van der Waals surface area contributed by atoms with Crippen molar-refractivity contribution in [3.05, 3.63) is 179 Å². The molecule has 4 nitrogen and oxygen atoms in total. The summed E-state index contributed by atoms with van der Waals surface area (Å²) in [6.07, 6.45) is 53.1. The molecule has 12 rings (SSSR count). The number of ether oxygens (including phenoxy) is 4. The number of rotatable bonds is 2. The van der Waals surface area contributed by atoms with Gasteiger partial charge in [-0.1, -0.05) is 121 Å². The summed E-state index contributed by atoms with van der Waals surface area (Å²) in [6, 6.07) is 6.73. The van der Waals surface area contributed by atoms with E-state index in [0.717, 1.165) is 37.2 Å². The fraction of sp³-hybridized carbons (Fsp3) is 0.347. The second-order valence-electron chi connectivity index (χ2n) is 16.5. The molecule has 0 aromatic heterocycles. The molecule has 13 atom stereocenters. The van der Waals surface area contributed by atoms with E-state index in [-0.39, 0.29) is 59.8 Å². The second-order valence-corrected chi connectivity index (χ2v) is 16.5. The van der Waals surface area contributed by atoms with Crippen LogP contribution in [-0.4, -0.2) is 36.6 Å². The third-order valence-corrected chi connectivity index (χ3v) is 14.1. The van der Waals surface area contributed by atoms with E-state index in [0.29, 0.717) is 17.8 Å². The molecule has 4 aliphatic heterocycles. The Morgan fingerprint density at radius 2 is 1.40 bits per heavy atom. The summed E-state index contributed by atoms with van der Waals surface area (Å²) < 4.78 is 27.7. The summed E-state index contributed by atoms with van der Waals surface area (Å²) in [5.74, 6) is 3.68. The number of para-hydroxylation sites is 1. The summed E-state index contributed by atoms with van der Waals surface area (Å²) >= 11 is 0. The highest BCUT2D eigenvalue weighted by Crippen LogP contribution is 2.65. The predicted octanol–water partition coefficient (Wildman–Crippen LogP) is 9.68. The maximum absolute atomic E-state index is 7.17. The molecule has 0 amide bonds. The minimum absolute atomic E-state index is 0.0354. The molecule has 0 radical (unpaired) electrons. The molecule has 3 fully saturated rings. The van der Waals surface area contributed by atoms with Gasteiger partial charge in [0, 0.05) is 52.0 Å². The molecule has 4 heterocycles. The molecule has 4 heteroatoms. The Morgan fingerprint density at radius 1 is 0.604 bits per heavy atom. The van der Waals surface area contributed by atoms with Crippen LogP contribution in [0.5, 0.6) is 5.75 Å². The summed E-state index contributed by atoms with van der Waals surface area (Å²) in [5.41, 5.74) is 7.33. The van der Waals surface area contributed by atoms with E-state index in [4.69, 9.17) is 18.9 Å². The molecule has 7 aliphatic carbocycles. The molecule has 53 heavy (non-hydrogen) atoms. The van der Waals surface area contributed by atoms with Gasteiger partial charge in [0.2, 0.25) is 0 Å². The fourth-order valence-corrected chi connectivity index (χ4v) is 11.9. The van der Waals surface area contributed by atoms with Gasteiger partial charge in [-0.05, 0) is 72.3 Å². The van der Waals surface area contributed by atoms with Crippen LogP contribution < -0.4 is 4.74 Å². The maximum Gasteiger partial charge on any atom is 0.131 e. The molecule has 3 saturated heterocycles. The lowest BCUT2D eigenvalue weighted by atomic mass is 9.47. The van der Waals surface area contributed by atoms with Crippen LogP contribution in [0.25, 0.3) is 5.57 Å². The average Bonchev–Trinajstić information content (AvgIpc) is 3.79. The van der Waals surface area contributed by atoms with Gasteiger partial charge in [0.1, 0.15) is 23.7 Å². The van der Waals surface area contributed by atoms with Gasteiger partial charge < -0.3 is 18.9 Å². The van der Waals surface area contributed by atoms with Crippen molar-refractivity contribution in [2.75, 3.05) is 0 Å². The first-order valence-corrected chi connectivity index (χ1v) is 20.0.